The summed E-state index contributed by atoms with van der Waals surface area (Å²) in [6, 6.07) is 3.64. The highest BCUT2D eigenvalue weighted by molar-refractivity contribution is 7.89. The summed E-state index contributed by atoms with van der Waals surface area (Å²) in [5, 5.41) is 11.1. The largest absolute Gasteiger partial charge is 0.497 e. The first-order chi connectivity index (χ1) is 10.4. The van der Waals surface area contributed by atoms with Crippen molar-refractivity contribution in [2.75, 3.05) is 20.3 Å². The number of ether oxygens (including phenoxy) is 2. The van der Waals surface area contributed by atoms with Gasteiger partial charge in [-0.15, -0.1) is 0 Å². The van der Waals surface area contributed by atoms with Gasteiger partial charge in [0.15, 0.2) is 4.90 Å². The summed E-state index contributed by atoms with van der Waals surface area (Å²) in [7, 11) is -2.60. The first kappa shape index (κ1) is 16.7. The van der Waals surface area contributed by atoms with Crippen molar-refractivity contribution in [3.05, 3.63) is 28.3 Å². The monoisotopic (exact) mass is 330 g/mol. The summed E-state index contributed by atoms with van der Waals surface area (Å²) in [4.78, 5) is 9.95. The van der Waals surface area contributed by atoms with Gasteiger partial charge in [0.25, 0.3) is 5.69 Å². The van der Waals surface area contributed by atoms with Crippen molar-refractivity contribution >= 4 is 15.7 Å². The molecular weight excluding hydrogens is 312 g/mol. The fourth-order valence-corrected chi connectivity index (χ4v) is 3.50. The highest BCUT2D eigenvalue weighted by atomic mass is 32.2. The number of rotatable bonds is 7. The Labute approximate surface area is 128 Å². The van der Waals surface area contributed by atoms with Gasteiger partial charge in [-0.1, -0.05) is 0 Å². The molecule has 1 atom stereocenters. The number of nitrogens with zero attached hydrogens (tertiary/aromatic N) is 1. The summed E-state index contributed by atoms with van der Waals surface area (Å²) < 4.78 is 37.1. The summed E-state index contributed by atoms with van der Waals surface area (Å²) in [5.41, 5.74) is -0.510. The zero-order valence-electron chi connectivity index (χ0n) is 12.1. The molecule has 0 saturated carbocycles. The average Bonchev–Trinajstić information content (AvgIpc) is 2.99. The zero-order chi connectivity index (χ0) is 16.2. The van der Waals surface area contributed by atoms with Gasteiger partial charge in [0.05, 0.1) is 24.2 Å². The topological polar surface area (TPSA) is 108 Å². The molecule has 22 heavy (non-hydrogen) atoms. The van der Waals surface area contributed by atoms with Gasteiger partial charge in [-0.3, -0.25) is 10.1 Å². The van der Waals surface area contributed by atoms with Crippen molar-refractivity contribution in [2.24, 2.45) is 0 Å². The lowest BCUT2D eigenvalue weighted by Gasteiger charge is -2.11. The third-order valence-corrected chi connectivity index (χ3v) is 4.94. The van der Waals surface area contributed by atoms with Crippen LogP contribution in [-0.4, -0.2) is 39.7 Å². The van der Waals surface area contributed by atoms with E-state index in [1.54, 1.807) is 0 Å². The molecule has 0 spiro atoms. The van der Waals surface area contributed by atoms with E-state index in [1.165, 1.54) is 19.2 Å². The SMILES string of the molecule is COc1ccc(S(=O)(=O)NCC[C@@H]2CCCO2)c([N+](=O)[O-])c1. The van der Waals surface area contributed by atoms with Crippen molar-refractivity contribution in [3.63, 3.8) is 0 Å². The highest BCUT2D eigenvalue weighted by Gasteiger charge is 2.26. The molecule has 0 unspecified atom stereocenters. The first-order valence-electron chi connectivity index (χ1n) is 6.88. The van der Waals surface area contributed by atoms with Gasteiger partial charge in [0, 0.05) is 13.2 Å². The van der Waals surface area contributed by atoms with Crippen LogP contribution in [0.1, 0.15) is 19.3 Å². The van der Waals surface area contributed by atoms with Gasteiger partial charge >= 0.3 is 0 Å². The Hall–Kier alpha value is -1.71. The van der Waals surface area contributed by atoms with E-state index in [9.17, 15) is 18.5 Å². The standard InChI is InChI=1S/C13H18N2O6S/c1-20-11-4-5-13(12(9-11)15(16)17)22(18,19)14-7-6-10-3-2-8-21-10/h4-5,9-10,14H,2-3,6-8H2,1H3/t10-/m0/s1. The number of sulfonamides is 1. The van der Waals surface area contributed by atoms with E-state index in [2.05, 4.69) is 4.72 Å². The van der Waals surface area contributed by atoms with Gasteiger partial charge in [0.1, 0.15) is 5.75 Å². The predicted octanol–water partition coefficient (Wildman–Crippen LogP) is 1.45. The maximum absolute atomic E-state index is 12.2. The van der Waals surface area contributed by atoms with Gasteiger partial charge < -0.3 is 9.47 Å². The number of benzene rings is 1. The van der Waals surface area contributed by atoms with E-state index < -0.39 is 20.6 Å². The molecule has 8 nitrogen and oxygen atoms in total. The highest BCUT2D eigenvalue weighted by Crippen LogP contribution is 2.28. The molecule has 0 aromatic heterocycles. The molecule has 1 heterocycles. The Bertz CT molecular complexity index is 640. The predicted molar refractivity (Wildman–Crippen MR) is 78.4 cm³/mol. The number of hydrogen-bond donors (Lipinski definition) is 1. The first-order valence-corrected chi connectivity index (χ1v) is 8.36. The maximum Gasteiger partial charge on any atom is 0.293 e. The molecule has 1 aromatic carbocycles. The fraction of sp³-hybridized carbons (Fsp3) is 0.538. The van der Waals surface area contributed by atoms with E-state index in [1.807, 2.05) is 0 Å². The van der Waals surface area contributed by atoms with Gasteiger partial charge in [-0.05, 0) is 31.4 Å². The quantitative estimate of drug-likeness (QED) is 0.599. The molecule has 1 fully saturated rings. The molecule has 1 saturated heterocycles. The number of nitro groups is 1. The fourth-order valence-electron chi connectivity index (χ4n) is 2.30. The summed E-state index contributed by atoms with van der Waals surface area (Å²) >= 11 is 0. The van der Waals surface area contributed by atoms with Crippen LogP contribution in [0.3, 0.4) is 0 Å². The Balaban J connectivity index is 2.12. The van der Waals surface area contributed by atoms with E-state index in [0.29, 0.717) is 13.0 Å². The van der Waals surface area contributed by atoms with Crippen LogP contribution in [0.15, 0.2) is 23.1 Å². The van der Waals surface area contributed by atoms with Crippen LogP contribution in [0.25, 0.3) is 0 Å². The number of hydrogen-bond acceptors (Lipinski definition) is 6. The van der Waals surface area contributed by atoms with Crippen LogP contribution in [-0.2, 0) is 14.8 Å². The molecule has 0 aliphatic carbocycles. The van der Waals surface area contributed by atoms with E-state index in [-0.39, 0.29) is 23.3 Å². The van der Waals surface area contributed by atoms with Crippen LogP contribution in [0.4, 0.5) is 5.69 Å². The minimum absolute atomic E-state index is 0.0496. The van der Waals surface area contributed by atoms with Crippen LogP contribution in [0.5, 0.6) is 5.75 Å². The third kappa shape index (κ3) is 3.93. The Morgan fingerprint density at radius 3 is 2.86 bits per heavy atom. The van der Waals surface area contributed by atoms with Crippen LogP contribution >= 0.6 is 0 Å². The molecule has 1 aliphatic heterocycles. The van der Waals surface area contributed by atoms with Crippen molar-refractivity contribution < 1.29 is 22.8 Å². The zero-order valence-corrected chi connectivity index (χ0v) is 13.0. The van der Waals surface area contributed by atoms with Crippen molar-refractivity contribution in [1.29, 1.82) is 0 Å². The molecule has 0 bridgehead atoms. The van der Waals surface area contributed by atoms with Gasteiger partial charge in [-0.2, -0.15) is 0 Å². The maximum atomic E-state index is 12.2. The number of methoxy groups -OCH3 is 1. The lowest BCUT2D eigenvalue weighted by Crippen LogP contribution is -2.27. The van der Waals surface area contributed by atoms with E-state index >= 15 is 0 Å². The van der Waals surface area contributed by atoms with Gasteiger partial charge in [-0.25, -0.2) is 13.1 Å². The molecule has 0 amide bonds. The lowest BCUT2D eigenvalue weighted by atomic mass is 10.2. The average molecular weight is 330 g/mol. The molecule has 122 valence electrons. The van der Waals surface area contributed by atoms with Crippen LogP contribution < -0.4 is 9.46 Å². The molecule has 0 radical (unpaired) electrons. The van der Waals surface area contributed by atoms with Crippen molar-refractivity contribution in [1.82, 2.24) is 4.72 Å². The number of nitrogens with one attached hydrogen (secondary N) is 1. The van der Waals surface area contributed by atoms with Crippen LogP contribution in [0.2, 0.25) is 0 Å². The Morgan fingerprint density at radius 1 is 1.50 bits per heavy atom. The molecule has 1 N–H and O–H groups in total. The smallest absolute Gasteiger partial charge is 0.293 e. The van der Waals surface area contributed by atoms with Crippen molar-refractivity contribution in [3.8, 4) is 5.75 Å². The number of nitro benzene ring substituents is 1. The minimum Gasteiger partial charge on any atom is -0.497 e. The Kier molecular flexibility index (Phi) is 5.33. The van der Waals surface area contributed by atoms with Crippen LogP contribution in [0, 0.1) is 10.1 Å². The van der Waals surface area contributed by atoms with E-state index in [0.717, 1.165) is 18.9 Å². The molecule has 1 aliphatic rings. The van der Waals surface area contributed by atoms with E-state index in [4.69, 9.17) is 9.47 Å². The molecule has 2 rings (SSSR count). The normalized spacial score (nSPS) is 18.3. The summed E-state index contributed by atoms with van der Waals surface area (Å²) in [6.07, 6.45) is 2.48. The molecule has 9 heteroatoms. The second-order valence-electron chi connectivity index (χ2n) is 4.91. The summed E-state index contributed by atoms with van der Waals surface area (Å²) in [5.74, 6) is 0.227. The third-order valence-electron chi connectivity index (χ3n) is 3.43. The van der Waals surface area contributed by atoms with Crippen molar-refractivity contribution in [2.45, 2.75) is 30.3 Å². The summed E-state index contributed by atoms with van der Waals surface area (Å²) in [6.45, 7) is 0.873. The minimum atomic E-state index is -3.96. The second kappa shape index (κ2) is 7.03. The molecular formula is C13H18N2O6S. The Morgan fingerprint density at radius 2 is 2.27 bits per heavy atom. The second-order valence-corrected chi connectivity index (χ2v) is 6.65. The van der Waals surface area contributed by atoms with Gasteiger partial charge in [0.2, 0.25) is 10.0 Å². The molecule has 1 aromatic rings. The lowest BCUT2D eigenvalue weighted by molar-refractivity contribution is -0.387.